The smallest absolute Gasteiger partial charge is 0.248 e. The molecule has 2 bridgehead atoms. The van der Waals surface area contributed by atoms with Gasteiger partial charge in [0.1, 0.15) is 17.4 Å². The lowest BCUT2D eigenvalue weighted by Crippen LogP contribution is -2.58. The maximum Gasteiger partial charge on any atom is 0.248 e. The summed E-state index contributed by atoms with van der Waals surface area (Å²) >= 11 is 0. The number of aliphatic hydroxyl groups is 1. The fourth-order valence-electron chi connectivity index (χ4n) is 7.72. The van der Waals surface area contributed by atoms with Gasteiger partial charge in [0.25, 0.3) is 0 Å². The monoisotopic (exact) mass is 595 g/mol. The van der Waals surface area contributed by atoms with Gasteiger partial charge in [0.2, 0.25) is 17.7 Å². The lowest BCUT2D eigenvalue weighted by atomic mass is 9.64. The molecule has 3 heterocycles. The number of fused-ring (bicyclic) bond motifs is 1. The standard InChI is InChI=1S/C34H49N3O6/c1-7-13-24(6)35(20-8-2)32(41)29-34-19-18-33(10-4,43-34)27(28(34)31(40)37(29)22-12-23-38)30(39)36(21-9-3)25-14-16-26(17-15-25)42-11-5/h8-9,14-17,24,27-29,38H,2-3,7,10-13,18-23H2,1,4-6H3/t24?,27-,28-,29?,33+,34?/m0/s1. The molecule has 0 saturated carbocycles. The zero-order valence-electron chi connectivity index (χ0n) is 26.3. The van der Waals surface area contributed by atoms with Crippen molar-refractivity contribution in [3.05, 3.63) is 49.6 Å². The van der Waals surface area contributed by atoms with Crippen LogP contribution in [0.15, 0.2) is 49.6 Å². The summed E-state index contributed by atoms with van der Waals surface area (Å²) in [4.78, 5) is 48.7. The number of hydrogen-bond acceptors (Lipinski definition) is 6. The number of benzene rings is 1. The first-order valence-electron chi connectivity index (χ1n) is 15.9. The normalized spacial score (nSPS) is 28.0. The zero-order valence-corrected chi connectivity index (χ0v) is 26.3. The summed E-state index contributed by atoms with van der Waals surface area (Å²) in [6.45, 7) is 17.0. The van der Waals surface area contributed by atoms with Crippen LogP contribution in [-0.4, -0.2) is 88.8 Å². The van der Waals surface area contributed by atoms with E-state index in [0.717, 1.165) is 12.8 Å². The molecule has 3 amide bonds. The summed E-state index contributed by atoms with van der Waals surface area (Å²) in [6.07, 6.45) is 7.08. The van der Waals surface area contributed by atoms with Gasteiger partial charge in [-0.05, 0) is 70.2 Å². The van der Waals surface area contributed by atoms with Crippen LogP contribution < -0.4 is 9.64 Å². The zero-order chi connectivity index (χ0) is 31.4. The lowest BCUT2D eigenvalue weighted by molar-refractivity contribution is -0.154. The van der Waals surface area contributed by atoms with Gasteiger partial charge in [0.05, 0.1) is 24.0 Å². The van der Waals surface area contributed by atoms with Gasteiger partial charge >= 0.3 is 0 Å². The van der Waals surface area contributed by atoms with Crippen LogP contribution in [0.3, 0.4) is 0 Å². The number of anilines is 1. The van der Waals surface area contributed by atoms with E-state index in [2.05, 4.69) is 20.1 Å². The van der Waals surface area contributed by atoms with Crippen LogP contribution in [0.4, 0.5) is 5.69 Å². The van der Waals surface area contributed by atoms with Gasteiger partial charge in [-0.25, -0.2) is 0 Å². The van der Waals surface area contributed by atoms with Gasteiger partial charge in [-0.1, -0.05) is 32.4 Å². The molecule has 1 aromatic carbocycles. The Morgan fingerprint density at radius 2 is 1.84 bits per heavy atom. The van der Waals surface area contributed by atoms with Crippen LogP contribution in [0.1, 0.15) is 66.2 Å². The molecule has 3 aliphatic rings. The molecular weight excluding hydrogens is 546 g/mol. The van der Waals surface area contributed by atoms with Crippen LogP contribution >= 0.6 is 0 Å². The minimum absolute atomic E-state index is 0.0559. The Morgan fingerprint density at radius 1 is 1.14 bits per heavy atom. The van der Waals surface area contributed by atoms with Gasteiger partial charge < -0.3 is 29.3 Å². The Bertz CT molecular complexity index is 1190. The van der Waals surface area contributed by atoms with Crippen LogP contribution in [0.2, 0.25) is 0 Å². The first-order chi connectivity index (χ1) is 20.7. The molecular formula is C34H49N3O6. The van der Waals surface area contributed by atoms with Crippen molar-refractivity contribution >= 4 is 23.4 Å². The molecule has 0 radical (unpaired) electrons. The van der Waals surface area contributed by atoms with Crippen molar-refractivity contribution in [2.75, 3.05) is 37.7 Å². The van der Waals surface area contributed by atoms with E-state index in [-0.39, 0.29) is 43.5 Å². The highest BCUT2D eigenvalue weighted by Gasteiger charge is 2.79. The highest BCUT2D eigenvalue weighted by Crippen LogP contribution is 2.64. The second-order valence-corrected chi connectivity index (χ2v) is 12.0. The third-order valence-electron chi connectivity index (χ3n) is 9.62. The second kappa shape index (κ2) is 13.6. The molecule has 43 heavy (non-hydrogen) atoms. The molecule has 1 N–H and O–H groups in total. The van der Waals surface area contributed by atoms with Crippen LogP contribution in [-0.2, 0) is 19.1 Å². The fourth-order valence-corrected chi connectivity index (χ4v) is 7.72. The van der Waals surface area contributed by atoms with Crippen molar-refractivity contribution in [3.63, 3.8) is 0 Å². The molecule has 0 aromatic heterocycles. The Hall–Kier alpha value is -3.17. The molecule has 1 spiro atoms. The third-order valence-corrected chi connectivity index (χ3v) is 9.62. The van der Waals surface area contributed by atoms with Crippen LogP contribution in [0.25, 0.3) is 0 Å². The quantitative estimate of drug-likeness (QED) is 0.286. The van der Waals surface area contributed by atoms with Crippen LogP contribution in [0, 0.1) is 11.8 Å². The van der Waals surface area contributed by atoms with E-state index in [1.54, 1.807) is 26.9 Å². The number of carbonyl (C=O) groups is 3. The maximum absolute atomic E-state index is 14.7. The number of rotatable bonds is 16. The maximum atomic E-state index is 14.7. The van der Waals surface area contributed by atoms with Crippen molar-refractivity contribution < 1.29 is 29.0 Å². The Morgan fingerprint density at radius 3 is 2.42 bits per heavy atom. The average Bonchev–Trinajstić information content (AvgIpc) is 3.61. The lowest BCUT2D eigenvalue weighted by Gasteiger charge is -2.39. The number of aliphatic hydroxyl groups excluding tert-OH is 1. The van der Waals surface area contributed by atoms with E-state index < -0.39 is 29.1 Å². The van der Waals surface area contributed by atoms with Crippen LogP contribution in [0.5, 0.6) is 5.75 Å². The van der Waals surface area contributed by atoms with Crippen molar-refractivity contribution in [1.29, 1.82) is 0 Å². The van der Waals surface area contributed by atoms with E-state index in [0.29, 0.717) is 50.3 Å². The number of likely N-dealkylation sites (tertiary alicyclic amines) is 1. The topological polar surface area (TPSA) is 99.6 Å². The van der Waals surface area contributed by atoms with E-state index in [4.69, 9.17) is 9.47 Å². The predicted octanol–water partition coefficient (Wildman–Crippen LogP) is 4.34. The molecule has 3 saturated heterocycles. The van der Waals surface area contributed by atoms with Crippen molar-refractivity contribution in [3.8, 4) is 5.75 Å². The largest absolute Gasteiger partial charge is 0.494 e. The summed E-state index contributed by atoms with van der Waals surface area (Å²) in [6, 6.07) is 6.41. The minimum Gasteiger partial charge on any atom is -0.494 e. The summed E-state index contributed by atoms with van der Waals surface area (Å²) in [5, 5.41) is 9.70. The summed E-state index contributed by atoms with van der Waals surface area (Å²) in [5.41, 5.74) is -1.30. The average molecular weight is 596 g/mol. The molecule has 4 rings (SSSR count). The van der Waals surface area contributed by atoms with Crippen molar-refractivity contribution in [2.45, 2.75) is 89.5 Å². The fraction of sp³-hybridized carbons (Fsp3) is 0.618. The second-order valence-electron chi connectivity index (χ2n) is 12.0. The molecule has 6 atom stereocenters. The third kappa shape index (κ3) is 5.62. The molecule has 9 heteroatoms. The number of nitrogens with zero attached hydrogens (tertiary/aromatic N) is 3. The minimum atomic E-state index is -1.12. The number of hydrogen-bond donors (Lipinski definition) is 1. The van der Waals surface area contributed by atoms with Crippen molar-refractivity contribution in [2.24, 2.45) is 11.8 Å². The molecule has 3 aliphatic heterocycles. The Kier molecular flexibility index (Phi) is 10.4. The summed E-state index contributed by atoms with van der Waals surface area (Å²) in [5.74, 6) is -1.48. The van der Waals surface area contributed by atoms with Gasteiger partial charge in [-0.2, -0.15) is 0 Å². The summed E-state index contributed by atoms with van der Waals surface area (Å²) < 4.78 is 12.6. The number of ether oxygens (including phenoxy) is 2. The van der Waals surface area contributed by atoms with Crippen molar-refractivity contribution in [1.82, 2.24) is 9.80 Å². The SMILES string of the molecule is C=CCN(C(=O)[C@@H]1[C@H]2C(=O)N(CCCO)C(C(=O)N(CC=C)C(C)CCC)C23CC[C@@]1(CC)O3)c1ccc(OCC)cc1. The molecule has 0 aliphatic carbocycles. The summed E-state index contributed by atoms with van der Waals surface area (Å²) in [7, 11) is 0. The van der Waals surface area contributed by atoms with Gasteiger partial charge in [-0.3, -0.25) is 14.4 Å². The molecule has 236 valence electrons. The van der Waals surface area contributed by atoms with Gasteiger partial charge in [-0.15, -0.1) is 13.2 Å². The highest BCUT2D eigenvalue weighted by atomic mass is 16.5. The molecule has 1 aromatic rings. The Balaban J connectivity index is 1.79. The van der Waals surface area contributed by atoms with E-state index in [9.17, 15) is 19.5 Å². The van der Waals surface area contributed by atoms with E-state index >= 15 is 0 Å². The number of carbonyl (C=O) groups excluding carboxylic acids is 3. The highest BCUT2D eigenvalue weighted by molar-refractivity contribution is 6.03. The molecule has 3 fully saturated rings. The predicted molar refractivity (Wildman–Crippen MR) is 167 cm³/mol. The van der Waals surface area contributed by atoms with Gasteiger partial charge in [0, 0.05) is 38.0 Å². The Labute approximate surface area is 256 Å². The van der Waals surface area contributed by atoms with Gasteiger partial charge in [0.15, 0.2) is 0 Å². The first-order valence-corrected chi connectivity index (χ1v) is 15.9. The number of amides is 3. The molecule has 9 nitrogen and oxygen atoms in total. The molecule has 3 unspecified atom stereocenters. The van der Waals surface area contributed by atoms with E-state index in [1.165, 1.54) is 0 Å². The van der Waals surface area contributed by atoms with E-state index in [1.807, 2.05) is 45.0 Å². The first kappa shape index (κ1) is 32.7.